The number of nitrogens with one attached hydrogen (secondary N) is 1. The van der Waals surface area contributed by atoms with E-state index in [1.54, 1.807) is 0 Å². The number of benzene rings is 1. The Kier molecular flexibility index (Phi) is 5.76. The summed E-state index contributed by atoms with van der Waals surface area (Å²) in [5.41, 5.74) is 2.11. The molecule has 0 saturated carbocycles. The van der Waals surface area contributed by atoms with Gasteiger partial charge in [-0.1, -0.05) is 24.3 Å². The van der Waals surface area contributed by atoms with Crippen LogP contribution in [0.25, 0.3) is 0 Å². The molecule has 0 bridgehead atoms. The third kappa shape index (κ3) is 4.44. The fourth-order valence-electron chi connectivity index (χ4n) is 3.81. The van der Waals surface area contributed by atoms with Crippen LogP contribution in [0.4, 0.5) is 5.82 Å². The largest absolute Gasteiger partial charge is 0.492 e. The van der Waals surface area contributed by atoms with Crippen LogP contribution < -0.4 is 15.0 Å². The molecule has 1 N–H and O–H groups in total. The van der Waals surface area contributed by atoms with E-state index in [1.165, 1.54) is 0 Å². The van der Waals surface area contributed by atoms with Crippen molar-refractivity contribution in [2.45, 2.75) is 19.4 Å². The lowest BCUT2D eigenvalue weighted by Crippen LogP contribution is -2.37. The summed E-state index contributed by atoms with van der Waals surface area (Å²) in [4.78, 5) is 21.9. The van der Waals surface area contributed by atoms with Crippen LogP contribution >= 0.6 is 0 Å². The number of carbonyl (C=O) groups excluding carboxylic acids is 1. The van der Waals surface area contributed by atoms with E-state index < -0.39 is 0 Å². The smallest absolute Gasteiger partial charge is 0.227 e. The number of amides is 1. The second-order valence-corrected chi connectivity index (χ2v) is 7.71. The molecule has 1 aromatic heterocycles. The number of rotatable bonds is 4. The normalized spacial score (nSPS) is 20.0. The van der Waals surface area contributed by atoms with Gasteiger partial charge in [-0.15, -0.1) is 0 Å². The topological polar surface area (TPSA) is 57.7 Å². The van der Waals surface area contributed by atoms with Crippen LogP contribution in [-0.2, 0) is 17.8 Å². The first-order valence-corrected chi connectivity index (χ1v) is 10.1. The summed E-state index contributed by atoms with van der Waals surface area (Å²) in [6, 6.07) is 12.0. The first kappa shape index (κ1) is 18.7. The Morgan fingerprint density at radius 3 is 2.93 bits per heavy atom. The second-order valence-electron chi connectivity index (χ2n) is 7.71. The molecule has 1 saturated heterocycles. The van der Waals surface area contributed by atoms with E-state index in [1.807, 2.05) is 30.5 Å². The van der Waals surface area contributed by atoms with E-state index >= 15 is 0 Å². The van der Waals surface area contributed by atoms with Crippen LogP contribution in [-0.4, -0.2) is 55.6 Å². The minimum atomic E-state index is -0.142. The maximum atomic E-state index is 12.5. The number of hydrogen-bond donors (Lipinski definition) is 1. The lowest BCUT2D eigenvalue weighted by molar-refractivity contribution is -0.126. The van der Waals surface area contributed by atoms with Gasteiger partial charge in [0.25, 0.3) is 0 Å². The Balaban J connectivity index is 1.30. The summed E-state index contributed by atoms with van der Waals surface area (Å²) in [6.45, 7) is 5.16. The summed E-state index contributed by atoms with van der Waals surface area (Å²) < 4.78 is 5.73. The molecule has 0 spiro atoms. The van der Waals surface area contributed by atoms with Crippen LogP contribution in [0.5, 0.6) is 5.75 Å². The highest BCUT2D eigenvalue weighted by Crippen LogP contribution is 2.26. The number of para-hydroxylation sites is 1. The number of hydrogen-bond acceptors (Lipinski definition) is 5. The van der Waals surface area contributed by atoms with Gasteiger partial charge in [-0.05, 0) is 49.7 Å². The Morgan fingerprint density at radius 2 is 2.07 bits per heavy atom. The van der Waals surface area contributed by atoms with Crippen LogP contribution in [0.1, 0.15) is 17.5 Å². The molecule has 2 aliphatic rings. The summed E-state index contributed by atoms with van der Waals surface area (Å²) in [6.07, 6.45) is 3.75. The SMILES string of the molecule is CN1CCCN(c2ccc(CNC(=O)[C@H]3COc4ccccc4C3)cn2)CC1. The fourth-order valence-corrected chi connectivity index (χ4v) is 3.81. The predicted molar refractivity (Wildman–Crippen MR) is 110 cm³/mol. The average molecular weight is 380 g/mol. The van der Waals surface area contributed by atoms with E-state index in [4.69, 9.17) is 4.74 Å². The van der Waals surface area contributed by atoms with Gasteiger partial charge < -0.3 is 19.9 Å². The first-order chi connectivity index (χ1) is 13.7. The van der Waals surface area contributed by atoms with E-state index in [-0.39, 0.29) is 11.8 Å². The molecule has 6 heteroatoms. The summed E-state index contributed by atoms with van der Waals surface area (Å²) in [7, 11) is 2.17. The molecule has 148 valence electrons. The highest BCUT2D eigenvalue weighted by Gasteiger charge is 2.25. The minimum absolute atomic E-state index is 0.0362. The molecule has 1 fully saturated rings. The lowest BCUT2D eigenvalue weighted by atomic mass is 9.96. The number of fused-ring (bicyclic) bond motifs is 1. The number of aromatic nitrogens is 1. The molecule has 1 aromatic carbocycles. The zero-order valence-electron chi connectivity index (χ0n) is 16.4. The van der Waals surface area contributed by atoms with Crippen molar-refractivity contribution in [2.24, 2.45) is 5.92 Å². The molecule has 2 aliphatic heterocycles. The van der Waals surface area contributed by atoms with Crippen LogP contribution in [0.15, 0.2) is 42.6 Å². The molecule has 3 heterocycles. The van der Waals surface area contributed by atoms with Crippen molar-refractivity contribution < 1.29 is 9.53 Å². The Labute approximate surface area is 166 Å². The lowest BCUT2D eigenvalue weighted by Gasteiger charge is -2.24. The maximum Gasteiger partial charge on any atom is 0.227 e. The summed E-state index contributed by atoms with van der Waals surface area (Å²) in [5.74, 6) is 1.80. The third-order valence-corrected chi connectivity index (χ3v) is 5.57. The van der Waals surface area contributed by atoms with Gasteiger partial charge in [-0.2, -0.15) is 0 Å². The number of ether oxygens (including phenoxy) is 1. The van der Waals surface area contributed by atoms with Crippen molar-refractivity contribution in [3.63, 3.8) is 0 Å². The van der Waals surface area contributed by atoms with E-state index in [2.05, 4.69) is 39.3 Å². The fraction of sp³-hybridized carbons (Fsp3) is 0.455. The number of nitrogens with zero attached hydrogens (tertiary/aromatic N) is 3. The van der Waals surface area contributed by atoms with Gasteiger partial charge in [0.2, 0.25) is 5.91 Å². The van der Waals surface area contributed by atoms with Gasteiger partial charge in [0.1, 0.15) is 18.2 Å². The van der Waals surface area contributed by atoms with Crippen molar-refractivity contribution >= 4 is 11.7 Å². The highest BCUT2D eigenvalue weighted by molar-refractivity contribution is 5.79. The number of pyridine rings is 1. The van der Waals surface area contributed by atoms with Crippen molar-refractivity contribution in [2.75, 3.05) is 44.7 Å². The standard InChI is InChI=1S/C22H28N4O2/c1-25-9-4-10-26(12-11-25)21-8-7-17(14-23-21)15-24-22(27)19-13-18-5-2-3-6-20(18)28-16-19/h2-3,5-8,14,19H,4,9-13,15-16H2,1H3,(H,24,27)/t19-/m1/s1. The predicted octanol–water partition coefficient (Wildman–Crippen LogP) is 2.09. The second kappa shape index (κ2) is 8.61. The molecule has 1 atom stereocenters. The van der Waals surface area contributed by atoms with Crippen LogP contribution in [0, 0.1) is 5.92 Å². The molecule has 28 heavy (non-hydrogen) atoms. The van der Waals surface area contributed by atoms with Gasteiger partial charge in [-0.3, -0.25) is 4.79 Å². The van der Waals surface area contributed by atoms with Gasteiger partial charge in [-0.25, -0.2) is 4.98 Å². The van der Waals surface area contributed by atoms with Gasteiger partial charge in [0.15, 0.2) is 0 Å². The molecule has 0 radical (unpaired) electrons. The Bertz CT molecular complexity index is 808. The molecular formula is C22H28N4O2. The Hall–Kier alpha value is -2.60. The molecule has 6 nitrogen and oxygen atoms in total. The molecule has 0 aliphatic carbocycles. The molecular weight excluding hydrogens is 352 g/mol. The molecule has 2 aromatic rings. The Morgan fingerprint density at radius 1 is 1.18 bits per heavy atom. The van der Waals surface area contributed by atoms with Crippen LogP contribution in [0.3, 0.4) is 0 Å². The minimum Gasteiger partial charge on any atom is -0.492 e. The van der Waals surface area contributed by atoms with E-state index in [9.17, 15) is 4.79 Å². The van der Waals surface area contributed by atoms with Gasteiger partial charge in [0.05, 0.1) is 5.92 Å². The summed E-state index contributed by atoms with van der Waals surface area (Å²) >= 11 is 0. The number of likely N-dealkylation sites (N-methyl/N-ethyl adjacent to an activating group) is 1. The molecule has 4 rings (SSSR count). The number of carbonyl (C=O) groups is 1. The van der Waals surface area contributed by atoms with E-state index in [0.29, 0.717) is 13.2 Å². The quantitative estimate of drug-likeness (QED) is 0.880. The number of anilines is 1. The van der Waals surface area contributed by atoms with Gasteiger partial charge in [0, 0.05) is 32.4 Å². The van der Waals surface area contributed by atoms with Crippen molar-refractivity contribution in [3.05, 3.63) is 53.7 Å². The zero-order chi connectivity index (χ0) is 19.3. The first-order valence-electron chi connectivity index (χ1n) is 10.1. The molecule has 1 amide bonds. The monoisotopic (exact) mass is 380 g/mol. The van der Waals surface area contributed by atoms with E-state index in [0.717, 1.165) is 61.7 Å². The summed E-state index contributed by atoms with van der Waals surface area (Å²) in [5, 5.41) is 3.04. The zero-order valence-corrected chi connectivity index (χ0v) is 16.4. The van der Waals surface area contributed by atoms with Crippen molar-refractivity contribution in [1.82, 2.24) is 15.2 Å². The highest BCUT2D eigenvalue weighted by atomic mass is 16.5. The van der Waals surface area contributed by atoms with Gasteiger partial charge >= 0.3 is 0 Å². The van der Waals surface area contributed by atoms with Crippen LogP contribution in [0.2, 0.25) is 0 Å². The maximum absolute atomic E-state index is 12.5. The van der Waals surface area contributed by atoms with Crippen molar-refractivity contribution in [3.8, 4) is 5.75 Å². The molecule has 0 unspecified atom stereocenters. The van der Waals surface area contributed by atoms with Crippen molar-refractivity contribution in [1.29, 1.82) is 0 Å². The average Bonchev–Trinajstić information content (AvgIpc) is 2.96. The third-order valence-electron chi connectivity index (χ3n) is 5.57.